The van der Waals surface area contributed by atoms with Crippen LogP contribution in [0.4, 0.5) is 5.69 Å². The fourth-order valence-corrected chi connectivity index (χ4v) is 8.84. The van der Waals surface area contributed by atoms with Crippen LogP contribution in [0.2, 0.25) is 0 Å². The molecule has 3 aromatic carbocycles. The minimum Gasteiger partial charge on any atom is -0.494 e. The highest BCUT2D eigenvalue weighted by molar-refractivity contribution is 7.80. The molecule has 0 aromatic heterocycles. The first kappa shape index (κ1) is 58.7. The number of amides is 1. The zero-order valence-corrected chi connectivity index (χ0v) is 44.9. The highest BCUT2D eigenvalue weighted by Gasteiger charge is 2.20. The standard InChI is InChI=1S/C61H90N2O7S/c1-4-7-10-13-22-30-45-67-56-48-52(49-57(68-46-31-23-14-11-8-5-2)58(56)69-47-32-24-15-12-9-6-3)59(64)63-61(71)62-53-38-42-55(43-39-53)70-60(65)51-36-40-54(41-37-51)66-44-29-25-20-18-16-17-19-21-26-33-50-34-27-28-35-50/h27-28,34-43,48-50H,4-26,29-33,44-47H2,1-3H3,(H2,62,63,64,71). The summed E-state index contributed by atoms with van der Waals surface area (Å²) in [5.41, 5.74) is 1.42. The molecule has 0 unspecified atom stereocenters. The van der Waals surface area contributed by atoms with E-state index in [9.17, 15) is 9.59 Å². The maximum Gasteiger partial charge on any atom is 0.343 e. The molecule has 1 aliphatic carbocycles. The molecule has 1 amide bonds. The molecule has 3 aromatic rings. The minimum atomic E-state index is -0.465. The van der Waals surface area contributed by atoms with Gasteiger partial charge in [-0.15, -0.1) is 0 Å². The summed E-state index contributed by atoms with van der Waals surface area (Å²) in [5.74, 6) is 2.51. The van der Waals surface area contributed by atoms with Gasteiger partial charge in [-0.3, -0.25) is 10.1 Å². The molecule has 0 bridgehead atoms. The van der Waals surface area contributed by atoms with E-state index in [1.54, 1.807) is 48.5 Å². The molecular formula is C61H90N2O7S. The lowest BCUT2D eigenvalue weighted by Crippen LogP contribution is -2.34. The molecule has 0 saturated carbocycles. The normalized spacial score (nSPS) is 12.0. The molecule has 0 spiro atoms. The van der Waals surface area contributed by atoms with Crippen LogP contribution in [0.5, 0.6) is 28.7 Å². The van der Waals surface area contributed by atoms with E-state index in [1.807, 2.05) is 12.1 Å². The number of nitrogens with one attached hydrogen (secondary N) is 2. The van der Waals surface area contributed by atoms with Gasteiger partial charge in [-0.2, -0.15) is 0 Å². The minimum absolute atomic E-state index is 0.122. The Bertz CT molecular complexity index is 1910. The van der Waals surface area contributed by atoms with Crippen molar-refractivity contribution >= 4 is 34.9 Å². The molecule has 0 heterocycles. The average Bonchev–Trinajstić information content (AvgIpc) is 3.90. The third-order valence-electron chi connectivity index (χ3n) is 13.0. The third kappa shape index (κ3) is 25.9. The predicted molar refractivity (Wildman–Crippen MR) is 298 cm³/mol. The Morgan fingerprint density at radius 1 is 0.479 bits per heavy atom. The summed E-state index contributed by atoms with van der Waals surface area (Å²) < 4.78 is 30.9. The largest absolute Gasteiger partial charge is 0.494 e. The van der Waals surface area contributed by atoms with E-state index in [1.165, 1.54) is 128 Å². The second-order valence-corrected chi connectivity index (χ2v) is 19.7. The van der Waals surface area contributed by atoms with E-state index < -0.39 is 11.9 Å². The maximum atomic E-state index is 13.8. The van der Waals surface area contributed by atoms with Crippen LogP contribution >= 0.6 is 12.2 Å². The van der Waals surface area contributed by atoms with Crippen molar-refractivity contribution in [1.29, 1.82) is 0 Å². The molecule has 2 N–H and O–H groups in total. The fraction of sp³-hybridized carbons (Fsp3) is 0.590. The zero-order valence-electron chi connectivity index (χ0n) is 44.1. The number of benzene rings is 3. The predicted octanol–water partition coefficient (Wildman–Crippen LogP) is 17.3. The summed E-state index contributed by atoms with van der Waals surface area (Å²) in [6.45, 7) is 8.93. The quantitative estimate of drug-likeness (QED) is 0.0249. The summed E-state index contributed by atoms with van der Waals surface area (Å²) in [6.07, 6.45) is 42.2. The van der Waals surface area contributed by atoms with Gasteiger partial charge in [-0.05, 0) is 111 Å². The van der Waals surface area contributed by atoms with Crippen molar-refractivity contribution in [3.8, 4) is 28.7 Å². The van der Waals surface area contributed by atoms with Gasteiger partial charge in [-0.1, -0.05) is 193 Å². The van der Waals surface area contributed by atoms with E-state index in [2.05, 4.69) is 55.7 Å². The third-order valence-corrected chi connectivity index (χ3v) is 13.2. The number of hydrogen-bond acceptors (Lipinski definition) is 8. The van der Waals surface area contributed by atoms with E-state index in [-0.39, 0.29) is 5.11 Å². The van der Waals surface area contributed by atoms with Crippen LogP contribution in [-0.2, 0) is 0 Å². The number of esters is 1. The molecule has 9 nitrogen and oxygen atoms in total. The molecule has 0 fully saturated rings. The number of hydrogen-bond donors (Lipinski definition) is 2. The Morgan fingerprint density at radius 2 is 0.901 bits per heavy atom. The van der Waals surface area contributed by atoms with Gasteiger partial charge in [0.15, 0.2) is 16.6 Å². The summed E-state index contributed by atoms with van der Waals surface area (Å²) in [5, 5.41) is 6.04. The van der Waals surface area contributed by atoms with Crippen molar-refractivity contribution in [3.63, 3.8) is 0 Å². The summed E-state index contributed by atoms with van der Waals surface area (Å²) >= 11 is 5.60. The Morgan fingerprint density at radius 3 is 1.39 bits per heavy atom. The van der Waals surface area contributed by atoms with Crippen molar-refractivity contribution < 1.29 is 33.3 Å². The molecular weight excluding hydrogens is 905 g/mol. The van der Waals surface area contributed by atoms with E-state index in [0.717, 1.165) is 57.1 Å². The van der Waals surface area contributed by atoms with Crippen LogP contribution in [0.3, 0.4) is 0 Å². The number of thiocarbonyl (C=S) groups is 1. The fourth-order valence-electron chi connectivity index (χ4n) is 8.63. The van der Waals surface area contributed by atoms with Crippen molar-refractivity contribution in [2.45, 2.75) is 201 Å². The van der Waals surface area contributed by atoms with Crippen molar-refractivity contribution in [2.24, 2.45) is 5.92 Å². The molecule has 4 rings (SSSR count). The second kappa shape index (κ2) is 37.9. The van der Waals surface area contributed by atoms with Crippen LogP contribution in [0.1, 0.15) is 221 Å². The Labute approximate surface area is 434 Å². The lowest BCUT2D eigenvalue weighted by Gasteiger charge is -2.19. The van der Waals surface area contributed by atoms with Gasteiger partial charge < -0.3 is 29.0 Å². The summed E-state index contributed by atoms with van der Waals surface area (Å²) in [6, 6.07) is 17.4. The monoisotopic (exact) mass is 995 g/mol. The Balaban J connectivity index is 1.24. The van der Waals surface area contributed by atoms with Crippen molar-refractivity contribution in [3.05, 3.63) is 96.1 Å². The van der Waals surface area contributed by atoms with Crippen molar-refractivity contribution in [1.82, 2.24) is 5.32 Å². The first-order chi connectivity index (χ1) is 34.9. The summed E-state index contributed by atoms with van der Waals surface area (Å²) in [4.78, 5) is 26.8. The lowest BCUT2D eigenvalue weighted by molar-refractivity contribution is 0.0734. The maximum absolute atomic E-state index is 13.8. The first-order valence-corrected chi connectivity index (χ1v) is 28.4. The Hall–Kier alpha value is -4.83. The van der Waals surface area contributed by atoms with E-state index >= 15 is 0 Å². The summed E-state index contributed by atoms with van der Waals surface area (Å²) in [7, 11) is 0. The van der Waals surface area contributed by atoms with Crippen LogP contribution < -0.4 is 34.3 Å². The van der Waals surface area contributed by atoms with Gasteiger partial charge in [0, 0.05) is 11.3 Å². The van der Waals surface area contributed by atoms with Crippen LogP contribution in [0.25, 0.3) is 0 Å². The SMILES string of the molecule is CCCCCCCCOc1cc(C(=O)NC(=S)Nc2ccc(OC(=O)c3ccc(OCCCCCCCCCCCC4C=CC=C4)cc3)cc2)cc(OCCCCCCCC)c1OCCCCCCCC. The molecule has 71 heavy (non-hydrogen) atoms. The number of unbranched alkanes of at least 4 members (excludes halogenated alkanes) is 23. The average molecular weight is 995 g/mol. The molecule has 0 saturated heterocycles. The second-order valence-electron chi connectivity index (χ2n) is 19.2. The molecule has 0 atom stereocenters. The van der Waals surface area contributed by atoms with E-state index in [4.69, 9.17) is 35.9 Å². The van der Waals surface area contributed by atoms with Crippen molar-refractivity contribution in [2.75, 3.05) is 31.7 Å². The van der Waals surface area contributed by atoms with Gasteiger partial charge >= 0.3 is 5.97 Å². The van der Waals surface area contributed by atoms with Crippen LogP contribution in [0, 0.1) is 5.92 Å². The number of carbonyl (C=O) groups is 2. The van der Waals surface area contributed by atoms with Gasteiger partial charge in [-0.25, -0.2) is 4.79 Å². The number of anilines is 1. The van der Waals surface area contributed by atoms with Gasteiger partial charge in [0.25, 0.3) is 5.91 Å². The van der Waals surface area contributed by atoms with Crippen LogP contribution in [0.15, 0.2) is 85.0 Å². The topological polar surface area (TPSA) is 104 Å². The van der Waals surface area contributed by atoms with Gasteiger partial charge in [0.2, 0.25) is 5.75 Å². The number of allylic oxidation sites excluding steroid dienone is 4. The first-order valence-electron chi connectivity index (χ1n) is 28.0. The zero-order chi connectivity index (χ0) is 50.4. The highest BCUT2D eigenvalue weighted by atomic mass is 32.1. The smallest absolute Gasteiger partial charge is 0.343 e. The highest BCUT2D eigenvalue weighted by Crippen LogP contribution is 2.40. The lowest BCUT2D eigenvalue weighted by atomic mass is 10.0. The molecule has 1 aliphatic rings. The number of rotatable bonds is 41. The number of carbonyl (C=O) groups excluding carboxylic acids is 2. The molecule has 10 heteroatoms. The van der Waals surface area contributed by atoms with Crippen LogP contribution in [-0.4, -0.2) is 43.4 Å². The Kier molecular flexibility index (Phi) is 31.3. The van der Waals surface area contributed by atoms with E-state index in [0.29, 0.717) is 72.2 Å². The molecule has 392 valence electrons. The molecule has 0 radical (unpaired) electrons. The number of ether oxygens (including phenoxy) is 5. The molecule has 0 aliphatic heterocycles. The van der Waals surface area contributed by atoms with Gasteiger partial charge in [0.1, 0.15) is 11.5 Å². The van der Waals surface area contributed by atoms with Gasteiger partial charge in [0.05, 0.1) is 32.0 Å².